The van der Waals surface area contributed by atoms with Gasteiger partial charge in [0.15, 0.2) is 0 Å². The number of rotatable bonds is 5. The fourth-order valence-electron chi connectivity index (χ4n) is 3.44. The highest BCUT2D eigenvalue weighted by molar-refractivity contribution is 5.79. The second-order valence-corrected chi connectivity index (χ2v) is 7.06. The molecule has 0 bridgehead atoms. The molecule has 2 atom stereocenters. The number of halogens is 2. The van der Waals surface area contributed by atoms with E-state index in [9.17, 15) is 13.6 Å². The Kier molecular flexibility index (Phi) is 5.86. The normalized spacial score (nSPS) is 20.3. The maximum atomic E-state index is 14.0. The molecule has 2 heterocycles. The van der Waals surface area contributed by atoms with Gasteiger partial charge in [0.1, 0.15) is 11.6 Å². The fraction of sp³-hybridized carbons (Fsp3) is 0.474. The van der Waals surface area contributed by atoms with Crippen molar-refractivity contribution >= 4 is 5.91 Å². The number of carbonyl (C=O) groups excluding carboxylic acids is 1. The van der Waals surface area contributed by atoms with E-state index in [1.807, 2.05) is 32.2 Å². The molecule has 3 rings (SSSR count). The van der Waals surface area contributed by atoms with Crippen molar-refractivity contribution in [3.8, 4) is 0 Å². The highest BCUT2D eigenvalue weighted by Crippen LogP contribution is 2.30. The number of ether oxygens (including phenoxy) is 1. The molecule has 1 amide bonds. The molecule has 8 heteroatoms. The van der Waals surface area contributed by atoms with E-state index in [2.05, 4.69) is 5.10 Å². The van der Waals surface area contributed by atoms with E-state index >= 15 is 0 Å². The zero-order valence-corrected chi connectivity index (χ0v) is 15.7. The summed E-state index contributed by atoms with van der Waals surface area (Å²) in [6.45, 7) is 1.45. The van der Waals surface area contributed by atoms with Gasteiger partial charge >= 0.3 is 0 Å². The first-order valence-electron chi connectivity index (χ1n) is 8.83. The van der Waals surface area contributed by atoms with E-state index in [1.165, 1.54) is 12.1 Å². The minimum absolute atomic E-state index is 0.127. The predicted octanol–water partition coefficient (Wildman–Crippen LogP) is 1.77. The summed E-state index contributed by atoms with van der Waals surface area (Å²) in [5, 5.41) is 4.21. The van der Waals surface area contributed by atoms with E-state index in [-0.39, 0.29) is 30.0 Å². The van der Waals surface area contributed by atoms with Crippen LogP contribution in [0.2, 0.25) is 0 Å². The minimum atomic E-state index is -0.709. The van der Waals surface area contributed by atoms with Gasteiger partial charge in [-0.2, -0.15) is 5.10 Å². The van der Waals surface area contributed by atoms with Crippen molar-refractivity contribution in [1.29, 1.82) is 0 Å². The van der Waals surface area contributed by atoms with E-state index in [1.54, 1.807) is 15.8 Å². The Morgan fingerprint density at radius 3 is 2.78 bits per heavy atom. The molecular weight excluding hydrogens is 354 g/mol. The lowest BCUT2D eigenvalue weighted by Gasteiger charge is -2.42. The number of hydrogen-bond donors (Lipinski definition) is 0. The van der Waals surface area contributed by atoms with Crippen molar-refractivity contribution in [3.63, 3.8) is 0 Å². The van der Waals surface area contributed by atoms with Crippen LogP contribution in [0.25, 0.3) is 0 Å². The van der Waals surface area contributed by atoms with Gasteiger partial charge in [-0.1, -0.05) is 6.07 Å². The van der Waals surface area contributed by atoms with E-state index in [0.717, 1.165) is 11.6 Å². The van der Waals surface area contributed by atoms with Gasteiger partial charge in [-0.25, -0.2) is 8.78 Å². The van der Waals surface area contributed by atoms with E-state index < -0.39 is 11.6 Å². The fourth-order valence-corrected chi connectivity index (χ4v) is 3.44. The lowest BCUT2D eigenvalue weighted by Crippen LogP contribution is -2.51. The topological polar surface area (TPSA) is 50.6 Å². The molecule has 0 aliphatic carbocycles. The number of hydrogen-bond acceptors (Lipinski definition) is 4. The average Bonchev–Trinajstić information content (AvgIpc) is 3.02. The molecule has 0 spiro atoms. The first-order valence-corrected chi connectivity index (χ1v) is 8.83. The molecule has 2 aromatic rings. The average molecular weight is 378 g/mol. The maximum Gasteiger partial charge on any atom is 0.227 e. The number of aryl methyl sites for hydroxylation is 1. The molecule has 1 aliphatic rings. The highest BCUT2D eigenvalue weighted by atomic mass is 19.1. The first-order chi connectivity index (χ1) is 12.8. The van der Waals surface area contributed by atoms with Gasteiger partial charge in [0, 0.05) is 38.0 Å². The molecule has 1 saturated heterocycles. The number of morpholine rings is 1. The molecular formula is C19H24F2N4O2. The van der Waals surface area contributed by atoms with Crippen LogP contribution in [0.4, 0.5) is 8.78 Å². The number of likely N-dealkylation sites (N-methyl/N-ethyl adjacent to an activating group) is 1. The second-order valence-electron chi connectivity index (χ2n) is 7.06. The number of amides is 1. The number of benzene rings is 1. The molecule has 146 valence electrons. The predicted molar refractivity (Wildman–Crippen MR) is 96.0 cm³/mol. The lowest BCUT2D eigenvalue weighted by molar-refractivity contribution is -0.147. The highest BCUT2D eigenvalue weighted by Gasteiger charge is 2.37. The molecule has 1 aromatic carbocycles. The van der Waals surface area contributed by atoms with Crippen LogP contribution in [0.5, 0.6) is 0 Å². The molecule has 0 saturated carbocycles. The SMILES string of the molecule is CN(C)C[C@@H]1OCCN(C(=O)Cc2ccc(F)cc2F)[C@H]1c1cnn(C)c1. The van der Waals surface area contributed by atoms with Gasteiger partial charge in [0.2, 0.25) is 5.91 Å². The van der Waals surface area contributed by atoms with Crippen LogP contribution in [0.15, 0.2) is 30.6 Å². The third kappa shape index (κ3) is 4.51. The largest absolute Gasteiger partial charge is 0.373 e. The third-order valence-corrected chi connectivity index (χ3v) is 4.64. The summed E-state index contributed by atoms with van der Waals surface area (Å²) in [5.74, 6) is -1.59. The van der Waals surface area contributed by atoms with Crippen LogP contribution in [0.3, 0.4) is 0 Å². The summed E-state index contributed by atoms with van der Waals surface area (Å²) in [6.07, 6.45) is 3.24. The monoisotopic (exact) mass is 378 g/mol. The summed E-state index contributed by atoms with van der Waals surface area (Å²) >= 11 is 0. The number of aromatic nitrogens is 2. The summed E-state index contributed by atoms with van der Waals surface area (Å²) in [7, 11) is 5.70. The van der Waals surface area contributed by atoms with Gasteiger partial charge in [-0.3, -0.25) is 9.48 Å². The van der Waals surface area contributed by atoms with Crippen LogP contribution in [-0.4, -0.2) is 65.4 Å². The quantitative estimate of drug-likeness (QED) is 0.796. The van der Waals surface area contributed by atoms with Crippen molar-refractivity contribution in [2.75, 3.05) is 33.8 Å². The van der Waals surface area contributed by atoms with E-state index in [0.29, 0.717) is 19.7 Å². The van der Waals surface area contributed by atoms with Crippen molar-refractivity contribution in [3.05, 3.63) is 53.4 Å². The Hall–Kier alpha value is -2.32. The van der Waals surface area contributed by atoms with Gasteiger partial charge < -0.3 is 14.5 Å². The Labute approximate surface area is 157 Å². The van der Waals surface area contributed by atoms with Crippen LogP contribution < -0.4 is 0 Å². The van der Waals surface area contributed by atoms with Crippen molar-refractivity contribution < 1.29 is 18.3 Å². The zero-order chi connectivity index (χ0) is 19.6. The van der Waals surface area contributed by atoms with Gasteiger partial charge in [-0.15, -0.1) is 0 Å². The molecule has 27 heavy (non-hydrogen) atoms. The first kappa shape index (κ1) is 19.4. The zero-order valence-electron chi connectivity index (χ0n) is 15.7. The van der Waals surface area contributed by atoms with Crippen LogP contribution in [0.1, 0.15) is 17.2 Å². The van der Waals surface area contributed by atoms with Crippen LogP contribution in [-0.2, 0) is 23.0 Å². The number of carbonyl (C=O) groups is 1. The van der Waals surface area contributed by atoms with Crippen LogP contribution in [0, 0.1) is 11.6 Å². The Bertz CT molecular complexity index is 809. The molecule has 1 aromatic heterocycles. The molecule has 0 radical (unpaired) electrons. The van der Waals surface area contributed by atoms with Gasteiger partial charge in [-0.05, 0) is 25.7 Å². The van der Waals surface area contributed by atoms with Crippen molar-refractivity contribution in [2.45, 2.75) is 18.6 Å². The Morgan fingerprint density at radius 1 is 1.37 bits per heavy atom. The molecule has 6 nitrogen and oxygen atoms in total. The van der Waals surface area contributed by atoms with Crippen molar-refractivity contribution in [2.24, 2.45) is 7.05 Å². The summed E-state index contributed by atoms with van der Waals surface area (Å²) < 4.78 is 34.7. The molecule has 0 N–H and O–H groups in total. The van der Waals surface area contributed by atoms with Crippen LogP contribution >= 0.6 is 0 Å². The standard InChI is InChI=1S/C19H24F2N4O2/c1-23(2)12-17-19(14-10-22-24(3)11-14)25(6-7-27-17)18(26)8-13-4-5-15(20)9-16(13)21/h4-5,9-11,17,19H,6-8,12H2,1-3H3/t17-,19-/m0/s1. The summed E-state index contributed by atoms with van der Waals surface area (Å²) in [5.41, 5.74) is 1.05. The summed E-state index contributed by atoms with van der Waals surface area (Å²) in [6, 6.07) is 2.97. The Morgan fingerprint density at radius 2 is 2.15 bits per heavy atom. The van der Waals surface area contributed by atoms with E-state index in [4.69, 9.17) is 4.74 Å². The third-order valence-electron chi connectivity index (χ3n) is 4.64. The lowest BCUT2D eigenvalue weighted by atomic mass is 9.99. The maximum absolute atomic E-state index is 14.0. The van der Waals surface area contributed by atoms with Gasteiger partial charge in [0.05, 0.1) is 31.4 Å². The molecule has 1 fully saturated rings. The minimum Gasteiger partial charge on any atom is -0.373 e. The van der Waals surface area contributed by atoms with Gasteiger partial charge in [0.25, 0.3) is 0 Å². The summed E-state index contributed by atoms with van der Waals surface area (Å²) in [4.78, 5) is 16.7. The molecule has 1 aliphatic heterocycles. The number of nitrogens with zero attached hydrogens (tertiary/aromatic N) is 4. The van der Waals surface area contributed by atoms with Crippen molar-refractivity contribution in [1.82, 2.24) is 19.6 Å². The smallest absolute Gasteiger partial charge is 0.227 e. The molecule has 0 unspecified atom stereocenters. The second kappa shape index (κ2) is 8.14. The Balaban J connectivity index is 1.86.